The number of aromatic nitrogens is 3. The lowest BCUT2D eigenvalue weighted by molar-refractivity contribution is 0.0531. The van der Waals surface area contributed by atoms with Gasteiger partial charge in [0, 0.05) is 26.3 Å². The van der Waals surface area contributed by atoms with Crippen LogP contribution in [0.5, 0.6) is 0 Å². The number of rotatable bonds is 7. The number of carbonyl (C=O) groups excluding carboxylic acids is 1. The van der Waals surface area contributed by atoms with Gasteiger partial charge in [-0.15, -0.1) is 35.3 Å². The van der Waals surface area contributed by atoms with E-state index in [9.17, 15) is 4.79 Å². The highest BCUT2D eigenvalue weighted by Gasteiger charge is 2.20. The Morgan fingerprint density at radius 1 is 1.31 bits per heavy atom. The molecule has 10 heteroatoms. The standard InChI is InChI=1S/C19H30N6O2S.HI/c1-8-27-18(26)16-12(3)22-17(28-16)13(4)23-19(20-6)21-10-9-15-11(2)24-25(7)14(15)5;/h13H,8-10H2,1-7H3,(H2,20,21,23);1H. The summed E-state index contributed by atoms with van der Waals surface area (Å²) < 4.78 is 7.00. The predicted octanol–water partition coefficient (Wildman–Crippen LogP) is 3.07. The van der Waals surface area contributed by atoms with Crippen molar-refractivity contribution < 1.29 is 9.53 Å². The number of nitrogens with zero attached hydrogens (tertiary/aromatic N) is 4. The van der Waals surface area contributed by atoms with Crippen molar-refractivity contribution in [1.29, 1.82) is 0 Å². The lowest BCUT2D eigenvalue weighted by Gasteiger charge is -2.16. The Morgan fingerprint density at radius 2 is 2.00 bits per heavy atom. The van der Waals surface area contributed by atoms with Gasteiger partial charge in [0.2, 0.25) is 0 Å². The first-order valence-electron chi connectivity index (χ1n) is 9.39. The molecule has 29 heavy (non-hydrogen) atoms. The molecule has 2 heterocycles. The van der Waals surface area contributed by atoms with Crippen LogP contribution >= 0.6 is 35.3 Å². The Bertz CT molecular complexity index is 861. The third-order valence-electron chi connectivity index (χ3n) is 4.55. The van der Waals surface area contributed by atoms with Crippen LogP contribution in [-0.4, -0.2) is 46.9 Å². The minimum absolute atomic E-state index is 0. The Labute approximate surface area is 193 Å². The van der Waals surface area contributed by atoms with E-state index < -0.39 is 0 Å². The second kappa shape index (κ2) is 11.5. The van der Waals surface area contributed by atoms with E-state index >= 15 is 0 Å². The molecule has 0 spiro atoms. The molecule has 0 aliphatic rings. The topological polar surface area (TPSA) is 93.4 Å². The second-order valence-corrected chi connectivity index (χ2v) is 7.61. The first-order chi connectivity index (χ1) is 13.3. The molecule has 0 aliphatic heterocycles. The highest BCUT2D eigenvalue weighted by molar-refractivity contribution is 14.0. The maximum Gasteiger partial charge on any atom is 0.350 e. The summed E-state index contributed by atoms with van der Waals surface area (Å²) in [6.07, 6.45) is 0.865. The average Bonchev–Trinajstić information content (AvgIpc) is 3.15. The summed E-state index contributed by atoms with van der Waals surface area (Å²) in [5.41, 5.74) is 4.19. The van der Waals surface area contributed by atoms with Gasteiger partial charge in [-0.1, -0.05) is 0 Å². The van der Waals surface area contributed by atoms with Crippen molar-refractivity contribution in [2.24, 2.45) is 12.0 Å². The summed E-state index contributed by atoms with van der Waals surface area (Å²) in [6.45, 7) is 10.8. The monoisotopic (exact) mass is 534 g/mol. The molecule has 1 unspecified atom stereocenters. The highest BCUT2D eigenvalue weighted by atomic mass is 127. The van der Waals surface area contributed by atoms with E-state index in [0.717, 1.165) is 23.7 Å². The van der Waals surface area contributed by atoms with Gasteiger partial charge in [0.1, 0.15) is 9.88 Å². The van der Waals surface area contributed by atoms with Gasteiger partial charge in [0.15, 0.2) is 5.96 Å². The quantitative estimate of drug-likeness (QED) is 0.246. The largest absolute Gasteiger partial charge is 0.462 e. The molecule has 0 aliphatic carbocycles. The summed E-state index contributed by atoms with van der Waals surface area (Å²) in [5, 5.41) is 11.9. The molecule has 2 aromatic rings. The lowest BCUT2D eigenvalue weighted by atomic mass is 10.1. The molecule has 0 saturated carbocycles. The van der Waals surface area contributed by atoms with Crippen LogP contribution in [0, 0.1) is 20.8 Å². The van der Waals surface area contributed by atoms with Crippen LogP contribution in [0.2, 0.25) is 0 Å². The first-order valence-corrected chi connectivity index (χ1v) is 10.2. The normalized spacial score (nSPS) is 12.3. The maximum absolute atomic E-state index is 12.0. The number of carbonyl (C=O) groups is 1. The van der Waals surface area contributed by atoms with E-state index in [4.69, 9.17) is 4.74 Å². The number of thiazole rings is 1. The van der Waals surface area contributed by atoms with E-state index in [2.05, 4.69) is 32.6 Å². The minimum atomic E-state index is -0.319. The fourth-order valence-corrected chi connectivity index (χ4v) is 3.90. The number of esters is 1. The molecule has 162 valence electrons. The molecule has 0 fully saturated rings. The van der Waals surface area contributed by atoms with Gasteiger partial charge >= 0.3 is 5.97 Å². The number of aliphatic imine (C=N–C) groups is 1. The smallest absolute Gasteiger partial charge is 0.350 e. The van der Waals surface area contributed by atoms with Crippen molar-refractivity contribution in [3.05, 3.63) is 32.5 Å². The Morgan fingerprint density at radius 3 is 2.55 bits per heavy atom. The van der Waals surface area contributed by atoms with Crippen LogP contribution in [0.15, 0.2) is 4.99 Å². The molecule has 0 bridgehead atoms. The van der Waals surface area contributed by atoms with Crippen molar-refractivity contribution in [3.8, 4) is 0 Å². The Hall–Kier alpha value is -1.69. The predicted molar refractivity (Wildman–Crippen MR) is 128 cm³/mol. The van der Waals surface area contributed by atoms with E-state index in [0.29, 0.717) is 23.1 Å². The molecule has 0 radical (unpaired) electrons. The fourth-order valence-electron chi connectivity index (χ4n) is 2.94. The number of guanidine groups is 1. The number of aryl methyl sites for hydroxylation is 3. The van der Waals surface area contributed by atoms with Crippen LogP contribution in [0.4, 0.5) is 0 Å². The Kier molecular flexibility index (Phi) is 10.0. The molecule has 2 aromatic heterocycles. The number of nitrogens with one attached hydrogen (secondary N) is 2. The third-order valence-corrected chi connectivity index (χ3v) is 5.87. The summed E-state index contributed by atoms with van der Waals surface area (Å²) in [6, 6.07) is -0.0834. The SMILES string of the molecule is CCOC(=O)c1sc(C(C)NC(=NC)NCCc2c(C)nn(C)c2C)nc1C.I. The molecular weight excluding hydrogens is 503 g/mol. The Balaban J connectivity index is 0.00000420. The summed E-state index contributed by atoms with van der Waals surface area (Å²) in [7, 11) is 3.70. The summed E-state index contributed by atoms with van der Waals surface area (Å²) in [5.74, 6) is 0.373. The molecule has 0 aromatic carbocycles. The van der Waals surface area contributed by atoms with Crippen molar-refractivity contribution in [2.45, 2.75) is 47.1 Å². The first kappa shape index (κ1) is 25.3. The zero-order valence-electron chi connectivity index (χ0n) is 18.1. The molecule has 8 nitrogen and oxygen atoms in total. The van der Waals surface area contributed by atoms with Gasteiger partial charge in [0.05, 0.1) is 24.0 Å². The van der Waals surface area contributed by atoms with Gasteiger partial charge in [-0.3, -0.25) is 9.67 Å². The molecule has 1 atom stereocenters. The van der Waals surface area contributed by atoms with E-state index in [1.54, 1.807) is 14.0 Å². The van der Waals surface area contributed by atoms with Crippen molar-refractivity contribution in [3.63, 3.8) is 0 Å². The second-order valence-electron chi connectivity index (χ2n) is 6.58. The molecular formula is C19H31IN6O2S. The van der Waals surface area contributed by atoms with Gasteiger partial charge in [-0.25, -0.2) is 9.78 Å². The lowest BCUT2D eigenvalue weighted by Crippen LogP contribution is -2.39. The van der Waals surface area contributed by atoms with Gasteiger partial charge in [0.25, 0.3) is 0 Å². The molecule has 2 rings (SSSR count). The van der Waals surface area contributed by atoms with Crippen LogP contribution in [0.1, 0.15) is 57.2 Å². The maximum atomic E-state index is 12.0. The van der Waals surface area contributed by atoms with E-state index in [1.165, 1.54) is 22.6 Å². The van der Waals surface area contributed by atoms with Gasteiger partial charge in [-0.05, 0) is 46.6 Å². The zero-order valence-corrected chi connectivity index (χ0v) is 21.3. The summed E-state index contributed by atoms with van der Waals surface area (Å²) in [4.78, 5) is 21.4. The van der Waals surface area contributed by atoms with Crippen molar-refractivity contribution in [2.75, 3.05) is 20.2 Å². The summed E-state index contributed by atoms with van der Waals surface area (Å²) >= 11 is 1.35. The number of hydrogen-bond donors (Lipinski definition) is 2. The van der Waals surface area contributed by atoms with Crippen LogP contribution in [-0.2, 0) is 18.2 Å². The highest BCUT2D eigenvalue weighted by Crippen LogP contribution is 2.24. The number of hydrogen-bond acceptors (Lipinski definition) is 6. The fraction of sp³-hybridized carbons (Fsp3) is 0.579. The minimum Gasteiger partial charge on any atom is -0.462 e. The zero-order chi connectivity index (χ0) is 20.8. The van der Waals surface area contributed by atoms with E-state index in [-0.39, 0.29) is 36.0 Å². The average molecular weight is 534 g/mol. The van der Waals surface area contributed by atoms with Crippen molar-refractivity contribution >= 4 is 47.2 Å². The van der Waals surface area contributed by atoms with Crippen LogP contribution in [0.3, 0.4) is 0 Å². The molecule has 2 N–H and O–H groups in total. The molecule has 0 amide bonds. The number of ether oxygens (including phenoxy) is 1. The third kappa shape index (κ3) is 6.39. The number of halogens is 1. The molecule has 0 saturated heterocycles. The van der Waals surface area contributed by atoms with Crippen LogP contribution in [0.25, 0.3) is 0 Å². The van der Waals surface area contributed by atoms with Gasteiger partial charge < -0.3 is 15.4 Å². The van der Waals surface area contributed by atoms with Crippen LogP contribution < -0.4 is 10.6 Å². The van der Waals surface area contributed by atoms with E-state index in [1.807, 2.05) is 32.5 Å². The van der Waals surface area contributed by atoms with Gasteiger partial charge in [-0.2, -0.15) is 5.10 Å². The van der Waals surface area contributed by atoms with Crippen molar-refractivity contribution in [1.82, 2.24) is 25.4 Å².